The van der Waals surface area contributed by atoms with Crippen molar-refractivity contribution in [3.63, 3.8) is 0 Å². The van der Waals surface area contributed by atoms with E-state index >= 15 is 0 Å². The molecule has 6 bridgehead atoms. The Bertz CT molecular complexity index is 2800. The van der Waals surface area contributed by atoms with Crippen LogP contribution in [-0.2, 0) is 43.0 Å². The molecule has 1 N–H and O–H groups in total. The topological polar surface area (TPSA) is 100 Å². The predicted octanol–water partition coefficient (Wildman–Crippen LogP) is 11.7. The normalized spacial score (nSPS) is 16.6. The van der Waals surface area contributed by atoms with Crippen molar-refractivity contribution in [1.29, 1.82) is 0 Å². The smallest absolute Gasteiger partial charge is 0.416 e. The molecule has 11 nitrogen and oxygen atoms in total. The summed E-state index contributed by atoms with van der Waals surface area (Å²) >= 11 is 0. The van der Waals surface area contributed by atoms with E-state index in [0.717, 1.165) is 67.8 Å². The van der Waals surface area contributed by atoms with E-state index in [1.54, 1.807) is 58.8 Å². The zero-order valence-corrected chi connectivity index (χ0v) is 42.6. The first kappa shape index (κ1) is 53.4. The van der Waals surface area contributed by atoms with Gasteiger partial charge in [-0.25, -0.2) is 4.79 Å². The fourth-order valence-corrected chi connectivity index (χ4v) is 9.68. The SMILES string of the molecule is CC(Cc1cccc(C(F)(F)F)c1)NCCOC(=O)c1ccccc1.COc1ccc2cc1Oc1ccc(cc1)CC1c3cc(c(OC)cc3CCN1C)Oc1c(OC)c(OC)cc3c1C(C2)N(C)CC3.Cl. The van der Waals surface area contributed by atoms with E-state index in [2.05, 4.69) is 71.7 Å². The Morgan fingerprint density at radius 3 is 2.06 bits per heavy atom. The van der Waals surface area contributed by atoms with E-state index in [1.165, 1.54) is 28.3 Å². The highest BCUT2D eigenvalue weighted by Crippen LogP contribution is 2.52. The fourth-order valence-electron chi connectivity index (χ4n) is 9.68. The van der Waals surface area contributed by atoms with E-state index < -0.39 is 17.7 Å². The number of carbonyl (C=O) groups excluding carboxylic acids is 1. The molecule has 4 aliphatic heterocycles. The van der Waals surface area contributed by atoms with E-state index in [4.69, 9.17) is 33.2 Å². The summed E-state index contributed by atoms with van der Waals surface area (Å²) in [4.78, 5) is 16.6. The van der Waals surface area contributed by atoms with Crippen molar-refractivity contribution >= 4 is 18.4 Å². The van der Waals surface area contributed by atoms with Gasteiger partial charge in [-0.1, -0.05) is 54.6 Å². The molecule has 0 aliphatic carbocycles. The van der Waals surface area contributed by atoms with Gasteiger partial charge in [0.2, 0.25) is 5.75 Å². The molecule has 0 radical (unpaired) electrons. The number of hydrogen-bond donors (Lipinski definition) is 1. The fraction of sp³-hybridized carbons (Fsp3) is 0.351. The minimum Gasteiger partial charge on any atom is -0.493 e. The molecule has 0 saturated carbocycles. The Morgan fingerprint density at radius 2 is 1.36 bits per heavy atom. The number of rotatable bonds is 11. The van der Waals surface area contributed by atoms with Crippen LogP contribution in [0.15, 0.2) is 115 Å². The molecule has 15 heteroatoms. The summed E-state index contributed by atoms with van der Waals surface area (Å²) in [7, 11) is 11.1. The largest absolute Gasteiger partial charge is 0.493 e. The average Bonchev–Trinajstić information content (AvgIpc) is 3.37. The van der Waals surface area contributed by atoms with Crippen LogP contribution in [0, 0.1) is 0 Å². The molecule has 0 spiro atoms. The van der Waals surface area contributed by atoms with Crippen LogP contribution in [0.25, 0.3) is 0 Å². The maximum atomic E-state index is 12.7. The summed E-state index contributed by atoms with van der Waals surface area (Å²) < 4.78 is 80.3. The highest BCUT2D eigenvalue weighted by molar-refractivity contribution is 5.89. The number of carbonyl (C=O) groups is 1. The first-order valence-electron chi connectivity index (χ1n) is 23.9. The second-order valence-corrected chi connectivity index (χ2v) is 18.2. The summed E-state index contributed by atoms with van der Waals surface area (Å²) in [6.07, 6.45) is -0.507. The average molecular weight is 1010 g/mol. The number of benzene rings is 6. The van der Waals surface area contributed by atoms with Gasteiger partial charge in [-0.05, 0) is 147 Å². The lowest BCUT2D eigenvalue weighted by molar-refractivity contribution is -0.137. The molecule has 4 heterocycles. The third-order valence-electron chi connectivity index (χ3n) is 13.5. The second-order valence-electron chi connectivity index (χ2n) is 18.2. The van der Waals surface area contributed by atoms with Gasteiger partial charge in [0.25, 0.3) is 0 Å². The lowest BCUT2D eigenvalue weighted by Gasteiger charge is -2.37. The first-order valence-corrected chi connectivity index (χ1v) is 23.9. The van der Waals surface area contributed by atoms with Crippen molar-refractivity contribution in [3.05, 3.63) is 165 Å². The third-order valence-corrected chi connectivity index (χ3v) is 13.5. The highest BCUT2D eigenvalue weighted by atomic mass is 35.5. The van der Waals surface area contributed by atoms with E-state index in [1.807, 2.05) is 31.2 Å². The van der Waals surface area contributed by atoms with Crippen LogP contribution in [0.2, 0.25) is 0 Å². The summed E-state index contributed by atoms with van der Waals surface area (Å²) in [6.45, 7) is 4.36. The van der Waals surface area contributed by atoms with Crippen LogP contribution in [0.3, 0.4) is 0 Å². The number of alkyl halides is 3. The molecule has 6 aromatic carbocycles. The van der Waals surface area contributed by atoms with Crippen LogP contribution in [0.5, 0.6) is 46.0 Å². The molecular weight excluding hydrogens is 947 g/mol. The lowest BCUT2D eigenvalue weighted by atomic mass is 9.87. The van der Waals surface area contributed by atoms with Crippen LogP contribution in [0.4, 0.5) is 13.2 Å². The number of ether oxygens (including phenoxy) is 7. The van der Waals surface area contributed by atoms with Crippen LogP contribution in [-0.4, -0.2) is 90.6 Å². The number of hydrogen-bond acceptors (Lipinski definition) is 11. The molecule has 6 aromatic rings. The molecule has 10 rings (SSSR count). The number of methoxy groups -OCH3 is 4. The predicted molar refractivity (Wildman–Crippen MR) is 274 cm³/mol. The summed E-state index contributed by atoms with van der Waals surface area (Å²) in [5.74, 6) is 5.02. The van der Waals surface area contributed by atoms with Gasteiger partial charge in [-0.2, -0.15) is 13.2 Å². The van der Waals surface area contributed by atoms with E-state index in [-0.39, 0.29) is 37.1 Å². The zero-order valence-electron chi connectivity index (χ0n) is 41.8. The minimum atomic E-state index is -4.34. The second kappa shape index (κ2) is 23.8. The van der Waals surface area contributed by atoms with Gasteiger partial charge in [-0.15, -0.1) is 12.4 Å². The molecule has 382 valence electrons. The zero-order chi connectivity index (χ0) is 50.2. The van der Waals surface area contributed by atoms with Crippen molar-refractivity contribution in [2.75, 3.05) is 68.8 Å². The Kier molecular flexibility index (Phi) is 17.7. The number of likely N-dealkylation sites (N-methyl/N-ethyl adjacent to an activating group) is 2. The van der Waals surface area contributed by atoms with Gasteiger partial charge < -0.3 is 38.5 Å². The molecule has 4 aliphatic rings. The molecule has 0 amide bonds. The van der Waals surface area contributed by atoms with Gasteiger partial charge in [0.15, 0.2) is 34.5 Å². The Labute approximate surface area is 426 Å². The lowest BCUT2D eigenvalue weighted by Crippen LogP contribution is -2.34. The molecule has 0 saturated heterocycles. The summed E-state index contributed by atoms with van der Waals surface area (Å²) in [6, 6.07) is 35.1. The van der Waals surface area contributed by atoms with Crippen LogP contribution < -0.4 is 33.7 Å². The molecule has 0 aromatic heterocycles. The van der Waals surface area contributed by atoms with Gasteiger partial charge in [-0.3, -0.25) is 9.80 Å². The van der Waals surface area contributed by atoms with Crippen LogP contribution >= 0.6 is 12.4 Å². The monoisotopic (exact) mass is 1010 g/mol. The number of nitrogens with one attached hydrogen (secondary N) is 1. The van der Waals surface area contributed by atoms with E-state index in [0.29, 0.717) is 64.3 Å². The number of nitrogens with zero attached hydrogens (tertiary/aromatic N) is 2. The Hall–Kier alpha value is -6.45. The van der Waals surface area contributed by atoms with Crippen molar-refractivity contribution in [3.8, 4) is 46.0 Å². The first-order chi connectivity index (χ1) is 34.3. The Balaban J connectivity index is 0.000000249. The molecule has 3 unspecified atom stereocenters. The van der Waals surface area contributed by atoms with E-state index in [9.17, 15) is 18.0 Å². The number of esters is 1. The minimum absolute atomic E-state index is 0. The van der Waals surface area contributed by atoms with Crippen molar-refractivity contribution in [2.45, 2.75) is 63.3 Å². The highest BCUT2D eigenvalue weighted by Gasteiger charge is 2.35. The van der Waals surface area contributed by atoms with Gasteiger partial charge in [0.05, 0.1) is 39.6 Å². The van der Waals surface area contributed by atoms with Crippen molar-refractivity contribution < 1.29 is 51.1 Å². The van der Waals surface area contributed by atoms with Crippen LogP contribution in [0.1, 0.15) is 73.9 Å². The van der Waals surface area contributed by atoms with Gasteiger partial charge >= 0.3 is 12.1 Å². The summed E-state index contributed by atoms with van der Waals surface area (Å²) in [5.41, 5.74) is 7.60. The van der Waals surface area contributed by atoms with Gasteiger partial charge in [0.1, 0.15) is 12.4 Å². The van der Waals surface area contributed by atoms with Gasteiger partial charge in [0, 0.05) is 43.3 Å². The molecule has 3 atom stereocenters. The third kappa shape index (κ3) is 12.4. The van der Waals surface area contributed by atoms with Crippen molar-refractivity contribution in [1.82, 2.24) is 15.1 Å². The molecule has 72 heavy (non-hydrogen) atoms. The standard InChI is InChI=1S/C38H42N2O6.C19H20F3NO2.ClH/c1-39-15-13-25-20-32(42-4)34-22-28(25)29(39)17-23-7-10-27(11-8-23)45-33-19-24(9-12-31(33)41-3)18-30-36-26(14-16-40(30)2)21-35(43-5)37(44-6)38(36)46-34;1-14(12-15-6-5-9-17(13-15)19(20,21)22)23-10-11-25-18(24)16-7-3-2-4-8-16;/h7-12,19-22,29-30H,13-18H2,1-6H3;2-9,13-14,23H,10-12H2,1H3;1H. The Morgan fingerprint density at radius 1 is 0.708 bits per heavy atom. The number of fused-ring (bicyclic) bond motifs is 2. The summed E-state index contributed by atoms with van der Waals surface area (Å²) in [5, 5.41) is 3.14. The maximum absolute atomic E-state index is 12.7. The maximum Gasteiger partial charge on any atom is 0.416 e. The molecule has 0 fully saturated rings. The number of halogens is 4. The quantitative estimate of drug-likeness (QED) is 0.0992. The molecular formula is C57H63ClF3N3O8. The van der Waals surface area contributed by atoms with Crippen molar-refractivity contribution in [2.24, 2.45) is 0 Å².